The smallest absolute Gasteiger partial charge is 0.193 e. The van der Waals surface area contributed by atoms with Gasteiger partial charge in [0, 0.05) is 24.7 Å². The average Bonchev–Trinajstić information content (AvgIpc) is 3.16. The number of anilines is 1. The third-order valence-electron chi connectivity index (χ3n) is 3.73. The molecule has 8 heteroatoms. The summed E-state index contributed by atoms with van der Waals surface area (Å²) in [4.78, 5) is 4.33. The van der Waals surface area contributed by atoms with Crippen molar-refractivity contribution in [2.45, 2.75) is 25.9 Å². The first-order valence-corrected chi connectivity index (χ1v) is 7.41. The first-order chi connectivity index (χ1) is 11.2. The number of nitrogens with one attached hydrogen (secondary N) is 1. The average molecular weight is 316 g/mol. The van der Waals surface area contributed by atoms with Gasteiger partial charge in [0.25, 0.3) is 0 Å². The van der Waals surface area contributed by atoms with Gasteiger partial charge in [0.2, 0.25) is 0 Å². The third-order valence-corrected chi connectivity index (χ3v) is 3.73. The maximum Gasteiger partial charge on any atom is 0.193 e. The fourth-order valence-electron chi connectivity index (χ4n) is 2.58. The van der Waals surface area contributed by atoms with Crippen molar-refractivity contribution in [3.05, 3.63) is 29.8 Å². The van der Waals surface area contributed by atoms with Gasteiger partial charge in [-0.05, 0) is 18.6 Å². The van der Waals surface area contributed by atoms with Crippen molar-refractivity contribution >= 4 is 11.6 Å². The third kappa shape index (κ3) is 3.20. The summed E-state index contributed by atoms with van der Waals surface area (Å²) in [7, 11) is 3.18. The van der Waals surface area contributed by atoms with E-state index < -0.39 is 0 Å². The van der Waals surface area contributed by atoms with Gasteiger partial charge < -0.3 is 25.1 Å². The lowest BCUT2D eigenvalue weighted by Gasteiger charge is -2.10. The number of aromatic nitrogens is 3. The van der Waals surface area contributed by atoms with Crippen molar-refractivity contribution in [2.24, 2.45) is 10.7 Å². The molecule has 0 atom stereocenters. The van der Waals surface area contributed by atoms with E-state index in [1.807, 2.05) is 6.07 Å². The summed E-state index contributed by atoms with van der Waals surface area (Å²) in [5, 5.41) is 11.3. The van der Waals surface area contributed by atoms with Crippen molar-refractivity contribution in [2.75, 3.05) is 19.5 Å². The molecule has 0 spiro atoms. The van der Waals surface area contributed by atoms with Gasteiger partial charge in [-0.1, -0.05) is 0 Å². The Morgan fingerprint density at radius 3 is 2.91 bits per heavy atom. The second-order valence-corrected chi connectivity index (χ2v) is 5.18. The van der Waals surface area contributed by atoms with Crippen LogP contribution in [0.1, 0.15) is 18.1 Å². The molecule has 0 saturated heterocycles. The second kappa shape index (κ2) is 6.55. The molecule has 1 aliphatic rings. The SMILES string of the molecule is COc1ccc(NC(N)=NCc2nnc3n2CCC3)cc1OC. The summed E-state index contributed by atoms with van der Waals surface area (Å²) in [5.74, 6) is 3.47. The van der Waals surface area contributed by atoms with Gasteiger partial charge in [-0.2, -0.15) is 0 Å². The molecule has 122 valence electrons. The van der Waals surface area contributed by atoms with Crippen molar-refractivity contribution < 1.29 is 9.47 Å². The topological polar surface area (TPSA) is 99.6 Å². The number of ether oxygens (including phenoxy) is 2. The Hall–Kier alpha value is -2.77. The first kappa shape index (κ1) is 15.1. The van der Waals surface area contributed by atoms with E-state index in [9.17, 15) is 0 Å². The molecular weight excluding hydrogens is 296 g/mol. The number of aryl methyl sites for hydroxylation is 1. The van der Waals surface area contributed by atoms with Crippen LogP contribution in [0.4, 0.5) is 5.69 Å². The highest BCUT2D eigenvalue weighted by molar-refractivity contribution is 5.92. The minimum atomic E-state index is 0.313. The zero-order valence-electron chi connectivity index (χ0n) is 13.2. The number of benzene rings is 1. The van der Waals surface area contributed by atoms with Crippen molar-refractivity contribution in [3.63, 3.8) is 0 Å². The van der Waals surface area contributed by atoms with E-state index in [4.69, 9.17) is 15.2 Å². The molecule has 2 aromatic rings. The van der Waals surface area contributed by atoms with Crippen molar-refractivity contribution in [1.82, 2.24) is 14.8 Å². The van der Waals surface area contributed by atoms with E-state index in [0.29, 0.717) is 24.0 Å². The lowest BCUT2D eigenvalue weighted by atomic mass is 10.3. The van der Waals surface area contributed by atoms with Crippen LogP contribution in [0.2, 0.25) is 0 Å². The van der Waals surface area contributed by atoms with Crippen molar-refractivity contribution in [1.29, 1.82) is 0 Å². The van der Waals surface area contributed by atoms with Crippen LogP contribution in [-0.2, 0) is 19.5 Å². The fraction of sp³-hybridized carbons (Fsp3) is 0.400. The zero-order valence-corrected chi connectivity index (χ0v) is 13.2. The Labute approximate surface area is 134 Å². The summed E-state index contributed by atoms with van der Waals surface area (Å²) in [5.41, 5.74) is 6.71. The van der Waals surface area contributed by atoms with Gasteiger partial charge in [0.1, 0.15) is 12.4 Å². The molecule has 0 aliphatic carbocycles. The molecule has 0 fully saturated rings. The second-order valence-electron chi connectivity index (χ2n) is 5.18. The molecule has 0 bridgehead atoms. The molecule has 1 aliphatic heterocycles. The van der Waals surface area contributed by atoms with Crippen LogP contribution in [0, 0.1) is 0 Å². The normalized spacial score (nSPS) is 13.7. The van der Waals surface area contributed by atoms with Gasteiger partial charge in [-0.15, -0.1) is 10.2 Å². The minimum Gasteiger partial charge on any atom is -0.493 e. The summed E-state index contributed by atoms with van der Waals surface area (Å²) >= 11 is 0. The van der Waals surface area contributed by atoms with E-state index in [1.165, 1.54) is 0 Å². The van der Waals surface area contributed by atoms with Crippen LogP contribution in [0.25, 0.3) is 0 Å². The lowest BCUT2D eigenvalue weighted by molar-refractivity contribution is 0.355. The first-order valence-electron chi connectivity index (χ1n) is 7.41. The van der Waals surface area contributed by atoms with Gasteiger partial charge in [-0.3, -0.25) is 0 Å². The number of methoxy groups -OCH3 is 2. The number of nitrogens with zero attached hydrogens (tertiary/aromatic N) is 4. The molecule has 0 amide bonds. The van der Waals surface area contributed by atoms with E-state index in [-0.39, 0.29) is 0 Å². The summed E-state index contributed by atoms with van der Waals surface area (Å²) in [6, 6.07) is 5.45. The van der Waals surface area contributed by atoms with Crippen LogP contribution in [0.3, 0.4) is 0 Å². The minimum absolute atomic E-state index is 0.313. The predicted molar refractivity (Wildman–Crippen MR) is 86.8 cm³/mol. The molecule has 1 aromatic heterocycles. The summed E-state index contributed by atoms with van der Waals surface area (Å²) in [6.07, 6.45) is 2.09. The van der Waals surface area contributed by atoms with Crippen LogP contribution in [-0.4, -0.2) is 34.9 Å². The number of fused-ring (bicyclic) bond motifs is 1. The molecule has 0 saturated carbocycles. The highest BCUT2D eigenvalue weighted by atomic mass is 16.5. The quantitative estimate of drug-likeness (QED) is 0.634. The number of hydrogen-bond acceptors (Lipinski definition) is 5. The van der Waals surface area contributed by atoms with Gasteiger partial charge in [-0.25, -0.2) is 4.99 Å². The molecule has 1 aromatic carbocycles. The van der Waals surface area contributed by atoms with Crippen molar-refractivity contribution in [3.8, 4) is 11.5 Å². The van der Waals surface area contributed by atoms with Gasteiger partial charge >= 0.3 is 0 Å². The molecule has 3 N–H and O–H groups in total. The summed E-state index contributed by atoms with van der Waals surface area (Å²) < 4.78 is 12.6. The van der Waals surface area contributed by atoms with E-state index in [2.05, 4.69) is 25.1 Å². The largest absolute Gasteiger partial charge is 0.493 e. The Bertz CT molecular complexity index is 725. The molecular formula is C15H20N6O2. The monoisotopic (exact) mass is 316 g/mol. The Morgan fingerprint density at radius 2 is 2.13 bits per heavy atom. The maximum absolute atomic E-state index is 5.94. The molecule has 8 nitrogen and oxygen atoms in total. The molecule has 23 heavy (non-hydrogen) atoms. The number of aliphatic imine (C=N–C) groups is 1. The van der Waals surface area contributed by atoms with Gasteiger partial charge in [0.05, 0.1) is 14.2 Å². The number of nitrogens with two attached hydrogens (primary N) is 1. The van der Waals surface area contributed by atoms with E-state index in [0.717, 1.165) is 36.7 Å². The van der Waals surface area contributed by atoms with E-state index in [1.54, 1.807) is 26.4 Å². The van der Waals surface area contributed by atoms with Gasteiger partial charge in [0.15, 0.2) is 23.3 Å². The Morgan fingerprint density at radius 1 is 1.30 bits per heavy atom. The standard InChI is InChI=1S/C15H20N6O2/c1-22-11-6-5-10(8-12(11)23-2)18-15(16)17-9-14-20-19-13-4-3-7-21(13)14/h5-6,8H,3-4,7,9H2,1-2H3,(H3,16,17,18). The highest BCUT2D eigenvalue weighted by Gasteiger charge is 2.16. The molecule has 3 rings (SSSR count). The van der Waals surface area contributed by atoms with Crippen LogP contribution in [0.5, 0.6) is 11.5 Å². The zero-order chi connectivity index (χ0) is 16.2. The van der Waals surface area contributed by atoms with Crippen LogP contribution < -0.4 is 20.5 Å². The molecule has 0 radical (unpaired) electrons. The summed E-state index contributed by atoms with van der Waals surface area (Å²) in [6.45, 7) is 1.36. The van der Waals surface area contributed by atoms with E-state index >= 15 is 0 Å². The highest BCUT2D eigenvalue weighted by Crippen LogP contribution is 2.29. The fourth-order valence-corrected chi connectivity index (χ4v) is 2.58. The number of rotatable bonds is 5. The van der Waals surface area contributed by atoms with Crippen LogP contribution in [0.15, 0.2) is 23.2 Å². The maximum atomic E-state index is 5.94. The van der Waals surface area contributed by atoms with Crippen LogP contribution >= 0.6 is 0 Å². The molecule has 0 unspecified atom stereocenters. The predicted octanol–water partition coefficient (Wildman–Crippen LogP) is 1.17. The lowest BCUT2D eigenvalue weighted by Crippen LogP contribution is -2.23. The number of hydrogen-bond donors (Lipinski definition) is 2. The number of guanidine groups is 1. The Kier molecular flexibility index (Phi) is 4.31. The molecule has 2 heterocycles. The Balaban J connectivity index is 1.67.